The Morgan fingerprint density at radius 2 is 1.29 bits per heavy atom. The Balaban J connectivity index is 1.92. The lowest BCUT2D eigenvalue weighted by molar-refractivity contribution is -0.916. The third kappa shape index (κ3) is 1.97. The van der Waals surface area contributed by atoms with E-state index in [1.807, 2.05) is 24.3 Å². The number of ether oxygens (including phenoxy) is 1. The van der Waals surface area contributed by atoms with Crippen LogP contribution in [-0.2, 0) is 4.74 Å². The molecule has 2 aliphatic rings. The lowest BCUT2D eigenvalue weighted by atomic mass is 10.0. The van der Waals surface area contributed by atoms with Crippen molar-refractivity contribution >= 4 is 5.57 Å². The Morgan fingerprint density at radius 3 is 1.81 bits per heavy atom. The number of quaternary nitrogens is 1. The van der Waals surface area contributed by atoms with E-state index >= 15 is 0 Å². The number of benzene rings is 2. The predicted octanol–water partition coefficient (Wildman–Crippen LogP) is 0.659. The molecule has 1 heterocycles. The normalized spacial score (nSPS) is 17.4. The fourth-order valence-electron chi connectivity index (χ4n) is 3.28. The molecule has 2 aromatic rings. The van der Waals surface area contributed by atoms with Crippen molar-refractivity contribution in [3.05, 3.63) is 65.5 Å². The van der Waals surface area contributed by atoms with Crippen LogP contribution in [0.1, 0.15) is 11.1 Å². The molecule has 4 rings (SSSR count). The zero-order valence-corrected chi connectivity index (χ0v) is 11.8. The van der Waals surface area contributed by atoms with Crippen molar-refractivity contribution in [3.63, 3.8) is 0 Å². The number of hydrogen-bond donors (Lipinski definition) is 1. The molecule has 1 N–H and O–H groups in total. The molecule has 21 heavy (non-hydrogen) atoms. The fraction of sp³-hybridized carbons (Fsp3) is 0.222. The van der Waals surface area contributed by atoms with Crippen molar-refractivity contribution in [1.82, 2.24) is 0 Å². The molecule has 2 aromatic carbocycles. The van der Waals surface area contributed by atoms with Crippen LogP contribution in [-0.4, -0.2) is 26.3 Å². The zero-order valence-electron chi connectivity index (χ0n) is 11.8. The molecule has 0 unspecified atom stereocenters. The van der Waals surface area contributed by atoms with Crippen LogP contribution >= 0.6 is 0 Å². The third-order valence-electron chi connectivity index (χ3n) is 4.33. The highest BCUT2D eigenvalue weighted by molar-refractivity contribution is 6.01. The van der Waals surface area contributed by atoms with Crippen molar-refractivity contribution in [2.24, 2.45) is 0 Å². The van der Waals surface area contributed by atoms with Gasteiger partial charge in [0.25, 0.3) is 0 Å². The van der Waals surface area contributed by atoms with E-state index < -0.39 is 0 Å². The molecular formula is C18H17NO2. The van der Waals surface area contributed by atoms with Crippen molar-refractivity contribution in [2.45, 2.75) is 0 Å². The molecule has 3 nitrogen and oxygen atoms in total. The van der Waals surface area contributed by atoms with Crippen molar-refractivity contribution in [1.29, 1.82) is 0 Å². The van der Waals surface area contributed by atoms with E-state index in [0.29, 0.717) is 13.2 Å². The number of nitrogens with one attached hydrogen (secondary N) is 1. The average Bonchev–Trinajstić information content (AvgIpc) is 2.90. The summed E-state index contributed by atoms with van der Waals surface area (Å²) >= 11 is 0. The first kappa shape index (κ1) is 12.6. The van der Waals surface area contributed by atoms with Gasteiger partial charge in [-0.3, -0.25) is 0 Å². The maximum atomic E-state index is 13.0. The summed E-state index contributed by atoms with van der Waals surface area (Å²) in [6, 6.07) is 16.4. The highest BCUT2D eigenvalue weighted by atomic mass is 16.5. The van der Waals surface area contributed by atoms with E-state index in [9.17, 15) is 5.11 Å². The Morgan fingerprint density at radius 1 is 0.810 bits per heavy atom. The first-order chi connectivity index (χ1) is 10.4. The summed E-state index contributed by atoms with van der Waals surface area (Å²) in [6.07, 6.45) is 0. The van der Waals surface area contributed by atoms with Crippen LogP contribution in [0.2, 0.25) is 0 Å². The second kappa shape index (κ2) is 5.02. The molecule has 1 saturated heterocycles. The molecule has 0 atom stereocenters. The van der Waals surface area contributed by atoms with Gasteiger partial charge >= 0.3 is 0 Å². The summed E-state index contributed by atoms with van der Waals surface area (Å²) in [5.74, 6) is 0.204. The molecule has 106 valence electrons. The van der Waals surface area contributed by atoms with E-state index in [4.69, 9.17) is 4.74 Å². The van der Waals surface area contributed by atoms with Gasteiger partial charge in [0.2, 0.25) is 0 Å². The summed E-state index contributed by atoms with van der Waals surface area (Å²) in [6.45, 7) is 2.84. The van der Waals surface area contributed by atoms with E-state index in [-0.39, 0.29) is 5.88 Å². The summed E-state index contributed by atoms with van der Waals surface area (Å²) < 4.78 is 5.37. The van der Waals surface area contributed by atoms with Crippen LogP contribution in [0, 0.1) is 0 Å². The van der Waals surface area contributed by atoms with Crippen molar-refractivity contribution in [2.75, 3.05) is 26.3 Å². The molecule has 0 saturated carbocycles. The largest absolute Gasteiger partial charge is 0.830 e. The molecular weight excluding hydrogens is 262 g/mol. The van der Waals surface area contributed by atoms with Gasteiger partial charge < -0.3 is 14.7 Å². The fourth-order valence-corrected chi connectivity index (χ4v) is 3.28. The summed E-state index contributed by atoms with van der Waals surface area (Å²) in [5.41, 5.74) is 5.36. The van der Waals surface area contributed by atoms with Crippen LogP contribution in [0.5, 0.6) is 0 Å². The number of morpholine rings is 1. The van der Waals surface area contributed by atoms with E-state index in [0.717, 1.165) is 34.7 Å². The van der Waals surface area contributed by atoms with E-state index in [1.165, 1.54) is 11.1 Å². The lowest BCUT2D eigenvalue weighted by Crippen LogP contribution is -3.14. The van der Waals surface area contributed by atoms with Crippen molar-refractivity contribution < 1.29 is 14.7 Å². The summed E-state index contributed by atoms with van der Waals surface area (Å²) in [7, 11) is 0. The SMILES string of the molecule is [O-]C(=C1c2ccccc2-c2ccccc21)[NH+]1CCOCC1. The maximum absolute atomic E-state index is 13.0. The van der Waals surface area contributed by atoms with Crippen LogP contribution < -0.4 is 10.0 Å². The number of hydrogen-bond acceptors (Lipinski definition) is 2. The molecule has 0 amide bonds. The summed E-state index contributed by atoms with van der Waals surface area (Å²) in [4.78, 5) is 1.00. The smallest absolute Gasteiger partial charge is 0.105 e. The Bertz CT molecular complexity index is 667. The zero-order chi connectivity index (χ0) is 14.2. The second-order valence-corrected chi connectivity index (χ2v) is 5.51. The van der Waals surface area contributed by atoms with Gasteiger partial charge in [0.15, 0.2) is 0 Å². The van der Waals surface area contributed by atoms with Gasteiger partial charge in [0.05, 0.1) is 19.1 Å². The Labute approximate surface area is 124 Å². The van der Waals surface area contributed by atoms with Gasteiger partial charge in [-0.1, -0.05) is 48.5 Å². The molecule has 1 fully saturated rings. The van der Waals surface area contributed by atoms with Crippen LogP contribution in [0.15, 0.2) is 54.4 Å². The molecule has 0 radical (unpaired) electrons. The molecule has 0 aromatic heterocycles. The first-order valence-corrected chi connectivity index (χ1v) is 7.39. The van der Waals surface area contributed by atoms with E-state index in [1.54, 1.807) is 0 Å². The minimum atomic E-state index is 0.204. The number of fused-ring (bicyclic) bond motifs is 3. The highest BCUT2D eigenvalue weighted by Crippen LogP contribution is 2.43. The molecule has 3 heteroatoms. The van der Waals surface area contributed by atoms with Crippen LogP contribution in [0.3, 0.4) is 0 Å². The third-order valence-corrected chi connectivity index (χ3v) is 4.33. The van der Waals surface area contributed by atoms with Crippen LogP contribution in [0.25, 0.3) is 16.7 Å². The van der Waals surface area contributed by atoms with E-state index in [2.05, 4.69) is 24.3 Å². The molecule has 0 spiro atoms. The summed E-state index contributed by atoms with van der Waals surface area (Å²) in [5, 5.41) is 13.0. The molecule has 1 aliphatic heterocycles. The van der Waals surface area contributed by atoms with Gasteiger partial charge in [-0.25, -0.2) is 0 Å². The molecule has 1 aliphatic carbocycles. The van der Waals surface area contributed by atoms with Gasteiger partial charge in [0, 0.05) is 5.57 Å². The predicted molar refractivity (Wildman–Crippen MR) is 79.4 cm³/mol. The maximum Gasteiger partial charge on any atom is 0.105 e. The van der Waals surface area contributed by atoms with Gasteiger partial charge in [-0.15, -0.1) is 0 Å². The quantitative estimate of drug-likeness (QED) is 0.664. The minimum Gasteiger partial charge on any atom is -0.830 e. The second-order valence-electron chi connectivity index (χ2n) is 5.51. The molecule has 0 bridgehead atoms. The van der Waals surface area contributed by atoms with Crippen LogP contribution in [0.4, 0.5) is 0 Å². The average molecular weight is 279 g/mol. The van der Waals surface area contributed by atoms with Gasteiger partial charge in [-0.2, -0.15) is 0 Å². The highest BCUT2D eigenvalue weighted by Gasteiger charge is 2.27. The number of rotatable bonds is 1. The van der Waals surface area contributed by atoms with Gasteiger partial charge in [-0.05, 0) is 22.3 Å². The topological polar surface area (TPSA) is 36.7 Å². The van der Waals surface area contributed by atoms with Crippen molar-refractivity contribution in [3.8, 4) is 11.1 Å². The lowest BCUT2D eigenvalue weighted by Gasteiger charge is -2.30. The van der Waals surface area contributed by atoms with Gasteiger partial charge in [0.1, 0.15) is 13.1 Å². The Hall–Kier alpha value is -2.10. The monoisotopic (exact) mass is 279 g/mol. The minimum absolute atomic E-state index is 0.204. The first-order valence-electron chi connectivity index (χ1n) is 7.39. The standard InChI is InChI=1S/C18H17NO2/c20-18(19-9-11-21-12-10-19)17-15-7-3-1-5-13(15)14-6-2-4-8-16(14)17/h1-8,20H,9-12H2. The Kier molecular flexibility index (Phi) is 3.02.